The highest BCUT2D eigenvalue weighted by Crippen LogP contribution is 2.21. The Morgan fingerprint density at radius 1 is 1.38 bits per heavy atom. The first-order chi connectivity index (χ1) is 7.69. The molecule has 0 atom stereocenters. The van der Waals surface area contributed by atoms with Crippen molar-refractivity contribution in [3.63, 3.8) is 0 Å². The lowest BCUT2D eigenvalue weighted by molar-refractivity contribution is 0.311. The number of terminal acetylenes is 1. The van der Waals surface area contributed by atoms with Gasteiger partial charge in [0.25, 0.3) is 0 Å². The molecule has 0 spiro atoms. The third-order valence-corrected chi connectivity index (χ3v) is 2.04. The number of aryl methyl sites for hydroxylation is 1. The number of anilines is 1. The lowest BCUT2D eigenvalue weighted by atomic mass is 10.3. The van der Waals surface area contributed by atoms with E-state index in [1.54, 1.807) is 0 Å². The molecule has 0 amide bonds. The van der Waals surface area contributed by atoms with Gasteiger partial charge in [0.05, 0.1) is 5.56 Å². The Hall–Kier alpha value is -1.76. The topological polar surface area (TPSA) is 47.0 Å². The van der Waals surface area contributed by atoms with Crippen LogP contribution in [-0.4, -0.2) is 23.1 Å². The van der Waals surface area contributed by atoms with Crippen LogP contribution in [0.3, 0.4) is 0 Å². The minimum Gasteiger partial charge on any atom is -0.476 e. The van der Waals surface area contributed by atoms with Gasteiger partial charge in [0.2, 0.25) is 5.88 Å². The van der Waals surface area contributed by atoms with Crippen LogP contribution in [0.15, 0.2) is 0 Å². The van der Waals surface area contributed by atoms with E-state index in [2.05, 4.69) is 21.2 Å². The molecule has 0 aliphatic heterocycles. The maximum absolute atomic E-state index is 5.51. The lowest BCUT2D eigenvalue weighted by Crippen LogP contribution is -2.08. The molecule has 4 nitrogen and oxygen atoms in total. The third-order valence-electron chi connectivity index (χ3n) is 2.04. The van der Waals surface area contributed by atoms with Crippen molar-refractivity contribution in [1.29, 1.82) is 0 Å². The van der Waals surface area contributed by atoms with Crippen LogP contribution < -0.4 is 10.1 Å². The van der Waals surface area contributed by atoms with Crippen LogP contribution in [0.25, 0.3) is 0 Å². The smallest absolute Gasteiger partial charge is 0.221 e. The molecule has 0 saturated carbocycles. The molecule has 0 radical (unpaired) electrons. The van der Waals surface area contributed by atoms with Crippen LogP contribution in [0, 0.1) is 26.2 Å². The Morgan fingerprint density at radius 3 is 2.75 bits per heavy atom. The number of ether oxygens (including phenoxy) is 1. The molecule has 1 aromatic heterocycles. The van der Waals surface area contributed by atoms with Crippen LogP contribution in [0.4, 0.5) is 5.82 Å². The number of nitrogens with one attached hydrogen (secondary N) is 1. The molecule has 0 unspecified atom stereocenters. The zero-order chi connectivity index (χ0) is 12.0. The first-order valence-electron chi connectivity index (χ1n) is 5.34. The van der Waals surface area contributed by atoms with E-state index in [1.165, 1.54) is 0 Å². The maximum atomic E-state index is 5.51. The minimum absolute atomic E-state index is 0.485. The van der Waals surface area contributed by atoms with Gasteiger partial charge in [0, 0.05) is 13.0 Å². The highest BCUT2D eigenvalue weighted by Gasteiger charge is 2.09. The van der Waals surface area contributed by atoms with Gasteiger partial charge in [0.15, 0.2) is 0 Å². The summed E-state index contributed by atoms with van der Waals surface area (Å²) >= 11 is 0. The molecular formula is C12H17N3O. The Balaban J connectivity index is 2.86. The van der Waals surface area contributed by atoms with Crippen molar-refractivity contribution >= 4 is 5.82 Å². The summed E-state index contributed by atoms with van der Waals surface area (Å²) < 4.78 is 5.51. The molecule has 0 aliphatic rings. The van der Waals surface area contributed by atoms with Crippen molar-refractivity contribution in [2.75, 3.05) is 18.5 Å². The van der Waals surface area contributed by atoms with Crippen molar-refractivity contribution in [3.05, 3.63) is 11.4 Å². The summed E-state index contributed by atoms with van der Waals surface area (Å²) in [5.74, 6) is 4.65. The summed E-state index contributed by atoms with van der Waals surface area (Å²) in [4.78, 5) is 8.55. The van der Waals surface area contributed by atoms with Crippen molar-refractivity contribution in [3.8, 4) is 18.2 Å². The molecule has 86 valence electrons. The van der Waals surface area contributed by atoms with Gasteiger partial charge in [-0.25, -0.2) is 4.98 Å². The summed E-state index contributed by atoms with van der Waals surface area (Å²) in [7, 11) is 0. The Labute approximate surface area is 96.5 Å². The van der Waals surface area contributed by atoms with Gasteiger partial charge >= 0.3 is 0 Å². The van der Waals surface area contributed by atoms with Gasteiger partial charge in [-0.2, -0.15) is 4.98 Å². The largest absolute Gasteiger partial charge is 0.476 e. The molecule has 1 N–H and O–H groups in total. The van der Waals surface area contributed by atoms with Gasteiger partial charge in [-0.05, 0) is 20.8 Å². The van der Waals surface area contributed by atoms with Gasteiger partial charge in [-0.1, -0.05) is 0 Å². The SMILES string of the molecule is C#CCCOc1nc(C)nc(NCC)c1C. The number of rotatable bonds is 5. The third kappa shape index (κ3) is 3.13. The van der Waals surface area contributed by atoms with E-state index in [0.29, 0.717) is 24.7 Å². The number of nitrogens with zero attached hydrogens (tertiary/aromatic N) is 2. The van der Waals surface area contributed by atoms with Gasteiger partial charge in [-0.15, -0.1) is 12.3 Å². The highest BCUT2D eigenvalue weighted by atomic mass is 16.5. The van der Waals surface area contributed by atoms with Crippen molar-refractivity contribution in [2.24, 2.45) is 0 Å². The molecular weight excluding hydrogens is 202 g/mol. The first kappa shape index (κ1) is 12.3. The average molecular weight is 219 g/mol. The van der Waals surface area contributed by atoms with Gasteiger partial charge in [-0.3, -0.25) is 0 Å². The molecule has 0 fully saturated rings. The van der Waals surface area contributed by atoms with Crippen LogP contribution >= 0.6 is 0 Å². The quantitative estimate of drug-likeness (QED) is 0.607. The number of hydrogen-bond donors (Lipinski definition) is 1. The van der Waals surface area contributed by atoms with Crippen LogP contribution in [-0.2, 0) is 0 Å². The minimum atomic E-state index is 0.485. The molecule has 1 heterocycles. The molecule has 0 saturated heterocycles. The fourth-order valence-corrected chi connectivity index (χ4v) is 1.29. The van der Waals surface area contributed by atoms with E-state index in [-0.39, 0.29) is 0 Å². The fourth-order valence-electron chi connectivity index (χ4n) is 1.29. The lowest BCUT2D eigenvalue weighted by Gasteiger charge is -2.12. The second-order valence-corrected chi connectivity index (χ2v) is 3.38. The summed E-state index contributed by atoms with van der Waals surface area (Å²) in [6.07, 6.45) is 5.75. The van der Waals surface area contributed by atoms with Crippen LogP contribution in [0.5, 0.6) is 5.88 Å². The number of hydrogen-bond acceptors (Lipinski definition) is 4. The Morgan fingerprint density at radius 2 is 2.12 bits per heavy atom. The normalized spacial score (nSPS) is 9.62. The van der Waals surface area contributed by atoms with Crippen LogP contribution in [0.1, 0.15) is 24.7 Å². The van der Waals surface area contributed by atoms with Crippen molar-refractivity contribution < 1.29 is 4.74 Å². The van der Waals surface area contributed by atoms with E-state index in [0.717, 1.165) is 17.9 Å². The molecule has 1 rings (SSSR count). The number of aromatic nitrogens is 2. The first-order valence-corrected chi connectivity index (χ1v) is 5.34. The zero-order valence-electron chi connectivity index (χ0n) is 10.0. The molecule has 1 aromatic rings. The fraction of sp³-hybridized carbons (Fsp3) is 0.500. The predicted molar refractivity (Wildman–Crippen MR) is 64.6 cm³/mol. The van der Waals surface area contributed by atoms with E-state index in [9.17, 15) is 0 Å². The maximum Gasteiger partial charge on any atom is 0.221 e. The van der Waals surface area contributed by atoms with Crippen LogP contribution in [0.2, 0.25) is 0 Å². The zero-order valence-corrected chi connectivity index (χ0v) is 10.0. The molecule has 16 heavy (non-hydrogen) atoms. The second-order valence-electron chi connectivity index (χ2n) is 3.38. The standard InChI is InChI=1S/C12H17N3O/c1-5-7-8-16-12-9(3)11(13-6-2)14-10(4)15-12/h1H,6-8H2,2-4H3,(H,13,14,15). The summed E-state index contributed by atoms with van der Waals surface area (Å²) in [6.45, 7) is 7.10. The predicted octanol–water partition coefficient (Wildman–Crippen LogP) is 1.93. The van der Waals surface area contributed by atoms with Gasteiger partial charge in [0.1, 0.15) is 18.2 Å². The molecule has 4 heteroatoms. The summed E-state index contributed by atoms with van der Waals surface area (Å²) in [6, 6.07) is 0. The van der Waals surface area contributed by atoms with E-state index >= 15 is 0 Å². The Bertz CT molecular complexity index is 396. The van der Waals surface area contributed by atoms with Gasteiger partial charge < -0.3 is 10.1 Å². The van der Waals surface area contributed by atoms with Crippen molar-refractivity contribution in [2.45, 2.75) is 27.2 Å². The summed E-state index contributed by atoms with van der Waals surface area (Å²) in [5.41, 5.74) is 0.921. The van der Waals surface area contributed by atoms with Crippen molar-refractivity contribution in [1.82, 2.24) is 9.97 Å². The molecule has 0 aromatic carbocycles. The molecule has 0 aliphatic carbocycles. The van der Waals surface area contributed by atoms with E-state index < -0.39 is 0 Å². The Kier molecular flexibility index (Phi) is 4.59. The second kappa shape index (κ2) is 5.96. The van der Waals surface area contributed by atoms with E-state index in [1.807, 2.05) is 20.8 Å². The molecule has 0 bridgehead atoms. The average Bonchev–Trinajstić information content (AvgIpc) is 2.25. The van der Waals surface area contributed by atoms with E-state index in [4.69, 9.17) is 11.2 Å². The summed E-state index contributed by atoms with van der Waals surface area (Å²) in [5, 5.41) is 3.18. The monoisotopic (exact) mass is 219 g/mol. The highest BCUT2D eigenvalue weighted by molar-refractivity contribution is 5.48.